The van der Waals surface area contributed by atoms with Crippen molar-refractivity contribution in [1.82, 2.24) is 9.80 Å². The summed E-state index contributed by atoms with van der Waals surface area (Å²) in [5.74, 6) is 1.09. The minimum absolute atomic E-state index is 0.0504. The van der Waals surface area contributed by atoms with Gasteiger partial charge >= 0.3 is 0 Å². The largest absolute Gasteiger partial charge is 0.488 e. The maximum absolute atomic E-state index is 13.2. The van der Waals surface area contributed by atoms with E-state index < -0.39 is 6.04 Å². The van der Waals surface area contributed by atoms with Crippen molar-refractivity contribution < 1.29 is 23.8 Å². The number of benzene rings is 2. The molecule has 0 spiro atoms. The van der Waals surface area contributed by atoms with Gasteiger partial charge in [-0.15, -0.1) is 0 Å². The molecule has 7 heteroatoms. The van der Waals surface area contributed by atoms with Gasteiger partial charge in [-0.25, -0.2) is 0 Å². The van der Waals surface area contributed by atoms with Crippen molar-refractivity contribution in [3.63, 3.8) is 0 Å². The van der Waals surface area contributed by atoms with Gasteiger partial charge in [-0.05, 0) is 24.3 Å². The van der Waals surface area contributed by atoms with Crippen LogP contribution in [0.5, 0.6) is 11.5 Å². The quantitative estimate of drug-likeness (QED) is 0.729. The van der Waals surface area contributed by atoms with E-state index >= 15 is 0 Å². The Morgan fingerprint density at radius 1 is 0.933 bits per heavy atom. The molecule has 0 saturated carbocycles. The molecular weight excluding hydrogens is 384 g/mol. The topological polar surface area (TPSA) is 68.3 Å². The smallest absolute Gasteiger partial charge is 0.261 e. The van der Waals surface area contributed by atoms with Crippen LogP contribution in [-0.4, -0.2) is 73.2 Å². The Bertz CT molecular complexity index is 839. The maximum atomic E-state index is 13.2. The number of amides is 2. The van der Waals surface area contributed by atoms with Crippen molar-refractivity contribution in [3.05, 3.63) is 60.7 Å². The van der Waals surface area contributed by atoms with Crippen LogP contribution in [-0.2, 0) is 14.3 Å². The third kappa shape index (κ3) is 4.91. The molecule has 2 aliphatic rings. The number of nitrogens with zero attached hydrogens (tertiary/aromatic N) is 2. The Hall–Kier alpha value is -3.06. The molecule has 0 N–H and O–H groups in total. The Morgan fingerprint density at radius 2 is 1.57 bits per heavy atom. The van der Waals surface area contributed by atoms with Gasteiger partial charge in [-0.2, -0.15) is 0 Å². The molecule has 0 aromatic heterocycles. The summed E-state index contributed by atoms with van der Waals surface area (Å²) in [6, 6.07) is 18.1. The molecule has 158 valence electrons. The lowest BCUT2D eigenvalue weighted by Crippen LogP contribution is -2.51. The number of morpholine rings is 1. The number of ether oxygens (including phenoxy) is 3. The molecule has 4 rings (SSSR count). The Morgan fingerprint density at radius 3 is 2.23 bits per heavy atom. The molecule has 0 aliphatic carbocycles. The number of rotatable bonds is 6. The molecule has 2 amide bonds. The first-order chi connectivity index (χ1) is 14.7. The first kappa shape index (κ1) is 20.2. The molecule has 7 nitrogen and oxygen atoms in total. The molecule has 0 bridgehead atoms. The van der Waals surface area contributed by atoms with Gasteiger partial charge in [0.1, 0.15) is 23.6 Å². The Kier molecular flexibility index (Phi) is 6.49. The molecule has 0 radical (unpaired) electrons. The maximum Gasteiger partial charge on any atom is 0.261 e. The lowest BCUT2D eigenvalue weighted by molar-refractivity contribution is -0.147. The second-order valence-electron chi connectivity index (χ2n) is 7.39. The fourth-order valence-corrected chi connectivity index (χ4v) is 3.82. The zero-order valence-corrected chi connectivity index (χ0v) is 16.8. The highest BCUT2D eigenvalue weighted by molar-refractivity contribution is 5.89. The van der Waals surface area contributed by atoms with E-state index in [0.29, 0.717) is 45.0 Å². The Balaban J connectivity index is 1.45. The van der Waals surface area contributed by atoms with E-state index in [9.17, 15) is 9.59 Å². The average molecular weight is 410 g/mol. The van der Waals surface area contributed by atoms with Crippen LogP contribution < -0.4 is 9.47 Å². The zero-order valence-electron chi connectivity index (χ0n) is 16.8. The number of likely N-dealkylation sites (tertiary alicyclic amines) is 1. The molecule has 2 heterocycles. The minimum Gasteiger partial charge on any atom is -0.488 e. The van der Waals surface area contributed by atoms with Gasteiger partial charge in [0.15, 0.2) is 6.61 Å². The van der Waals surface area contributed by atoms with E-state index in [1.807, 2.05) is 48.5 Å². The number of hydrogen-bond acceptors (Lipinski definition) is 5. The van der Waals surface area contributed by atoms with Gasteiger partial charge in [-0.1, -0.05) is 36.4 Å². The summed E-state index contributed by atoms with van der Waals surface area (Å²) in [4.78, 5) is 29.5. The summed E-state index contributed by atoms with van der Waals surface area (Å²) in [7, 11) is 0. The number of carbonyl (C=O) groups is 2. The lowest BCUT2D eigenvalue weighted by atomic mass is 10.1. The van der Waals surface area contributed by atoms with Gasteiger partial charge in [0.05, 0.1) is 19.8 Å². The third-order valence-corrected chi connectivity index (χ3v) is 5.34. The second kappa shape index (κ2) is 9.63. The first-order valence-corrected chi connectivity index (χ1v) is 10.3. The molecule has 2 aromatic carbocycles. The van der Waals surface area contributed by atoms with Crippen molar-refractivity contribution in [2.75, 3.05) is 39.5 Å². The van der Waals surface area contributed by atoms with Crippen LogP contribution in [0, 0.1) is 0 Å². The SMILES string of the molecule is O=C([C@@H]1C[C@H](Oc2ccccc2)CN1C(=O)COc1ccccc1)N1CCOCC1. The zero-order chi connectivity index (χ0) is 20.8. The molecule has 2 fully saturated rings. The van der Waals surface area contributed by atoms with Crippen LogP contribution in [0.1, 0.15) is 6.42 Å². The van der Waals surface area contributed by atoms with E-state index in [-0.39, 0.29) is 24.5 Å². The highest BCUT2D eigenvalue weighted by Gasteiger charge is 2.42. The second-order valence-corrected chi connectivity index (χ2v) is 7.39. The normalized spacial score (nSPS) is 21.3. The van der Waals surface area contributed by atoms with E-state index in [1.54, 1.807) is 21.9 Å². The number of hydrogen-bond donors (Lipinski definition) is 0. The molecule has 2 saturated heterocycles. The predicted octanol–water partition coefficient (Wildman–Crippen LogP) is 1.97. The number of para-hydroxylation sites is 2. The first-order valence-electron chi connectivity index (χ1n) is 10.3. The van der Waals surface area contributed by atoms with Crippen LogP contribution in [0.25, 0.3) is 0 Å². The van der Waals surface area contributed by atoms with Crippen LogP contribution in [0.2, 0.25) is 0 Å². The molecular formula is C23H26N2O5. The van der Waals surface area contributed by atoms with Crippen molar-refractivity contribution in [2.24, 2.45) is 0 Å². The summed E-state index contributed by atoms with van der Waals surface area (Å²) in [5, 5.41) is 0. The number of carbonyl (C=O) groups excluding carboxylic acids is 2. The average Bonchev–Trinajstić information content (AvgIpc) is 3.22. The standard InChI is InChI=1S/C23H26N2O5/c26-22(17-29-18-7-3-1-4-8-18)25-16-20(30-19-9-5-2-6-10-19)15-21(25)23(27)24-11-13-28-14-12-24/h1-10,20-21H,11-17H2/t20-,21-/m0/s1. The molecule has 2 aliphatic heterocycles. The lowest BCUT2D eigenvalue weighted by Gasteiger charge is -2.32. The highest BCUT2D eigenvalue weighted by Crippen LogP contribution is 2.25. The summed E-state index contributed by atoms with van der Waals surface area (Å²) in [6.45, 7) is 2.37. The molecule has 30 heavy (non-hydrogen) atoms. The van der Waals surface area contributed by atoms with Gasteiger partial charge in [0, 0.05) is 19.5 Å². The van der Waals surface area contributed by atoms with Gasteiger partial charge in [0.25, 0.3) is 5.91 Å². The van der Waals surface area contributed by atoms with E-state index in [0.717, 1.165) is 5.75 Å². The Labute approximate surface area is 176 Å². The van der Waals surface area contributed by atoms with Crippen LogP contribution in [0.4, 0.5) is 0 Å². The summed E-state index contributed by atoms with van der Waals surface area (Å²) in [5.41, 5.74) is 0. The summed E-state index contributed by atoms with van der Waals surface area (Å²) < 4.78 is 17.0. The monoisotopic (exact) mass is 410 g/mol. The summed E-state index contributed by atoms with van der Waals surface area (Å²) in [6.07, 6.45) is 0.213. The van der Waals surface area contributed by atoms with Gasteiger partial charge in [-0.3, -0.25) is 9.59 Å². The fraction of sp³-hybridized carbons (Fsp3) is 0.391. The molecule has 2 aromatic rings. The minimum atomic E-state index is -0.552. The van der Waals surface area contributed by atoms with Crippen molar-refractivity contribution in [1.29, 1.82) is 0 Å². The van der Waals surface area contributed by atoms with E-state index in [2.05, 4.69) is 0 Å². The fourth-order valence-electron chi connectivity index (χ4n) is 3.82. The van der Waals surface area contributed by atoms with Crippen molar-refractivity contribution in [3.8, 4) is 11.5 Å². The van der Waals surface area contributed by atoms with Crippen LogP contribution in [0.15, 0.2) is 60.7 Å². The van der Waals surface area contributed by atoms with Crippen molar-refractivity contribution in [2.45, 2.75) is 18.6 Å². The summed E-state index contributed by atoms with van der Waals surface area (Å²) >= 11 is 0. The van der Waals surface area contributed by atoms with E-state index in [4.69, 9.17) is 14.2 Å². The molecule has 0 unspecified atom stereocenters. The molecule has 2 atom stereocenters. The van der Waals surface area contributed by atoms with Gasteiger partial charge < -0.3 is 24.0 Å². The van der Waals surface area contributed by atoms with Crippen LogP contribution >= 0.6 is 0 Å². The van der Waals surface area contributed by atoms with E-state index in [1.165, 1.54) is 0 Å². The predicted molar refractivity (Wildman–Crippen MR) is 110 cm³/mol. The highest BCUT2D eigenvalue weighted by atomic mass is 16.5. The van der Waals surface area contributed by atoms with Gasteiger partial charge in [0.2, 0.25) is 5.91 Å². The van der Waals surface area contributed by atoms with Crippen LogP contribution in [0.3, 0.4) is 0 Å². The third-order valence-electron chi connectivity index (χ3n) is 5.34. The van der Waals surface area contributed by atoms with Crippen molar-refractivity contribution >= 4 is 11.8 Å².